The van der Waals surface area contributed by atoms with Gasteiger partial charge in [-0.3, -0.25) is 0 Å². The van der Waals surface area contributed by atoms with E-state index in [1.54, 1.807) is 31.3 Å². The molecule has 0 aliphatic rings. The quantitative estimate of drug-likeness (QED) is 0.782. The van der Waals surface area contributed by atoms with Crippen LogP contribution < -0.4 is 0 Å². The van der Waals surface area contributed by atoms with Crippen LogP contribution in [0.15, 0.2) is 29.2 Å². The SMILES string of the molecule is CN(C)CCN(C)S(=O)(=O)c1cccc(C#CCCO)c1. The van der Waals surface area contributed by atoms with Gasteiger partial charge in [0.05, 0.1) is 11.5 Å². The maximum atomic E-state index is 12.4. The monoisotopic (exact) mass is 310 g/mol. The summed E-state index contributed by atoms with van der Waals surface area (Å²) in [5.41, 5.74) is 0.630. The molecule has 0 aromatic heterocycles. The summed E-state index contributed by atoms with van der Waals surface area (Å²) in [5.74, 6) is 5.63. The fourth-order valence-electron chi connectivity index (χ4n) is 1.60. The summed E-state index contributed by atoms with van der Waals surface area (Å²) in [6.07, 6.45) is 0.375. The van der Waals surface area contributed by atoms with Crippen LogP contribution >= 0.6 is 0 Å². The van der Waals surface area contributed by atoms with E-state index in [1.807, 2.05) is 19.0 Å². The summed E-state index contributed by atoms with van der Waals surface area (Å²) in [6.45, 7) is 1.08. The summed E-state index contributed by atoms with van der Waals surface area (Å²) in [7, 11) is 1.88. The maximum absolute atomic E-state index is 12.4. The van der Waals surface area contributed by atoms with Crippen LogP contribution in [0.3, 0.4) is 0 Å². The number of sulfonamides is 1. The standard InChI is InChI=1S/C15H22N2O3S/c1-16(2)10-11-17(3)21(19,20)15-9-6-8-14(13-15)7-4-5-12-18/h6,8-9,13,18H,5,10-12H2,1-3H3. The van der Waals surface area contributed by atoms with Crippen LogP contribution in [0, 0.1) is 11.8 Å². The Balaban J connectivity index is 2.93. The number of nitrogens with zero attached hydrogens (tertiary/aromatic N) is 2. The minimum Gasteiger partial charge on any atom is -0.395 e. The Labute approximate surface area is 127 Å². The highest BCUT2D eigenvalue weighted by atomic mass is 32.2. The van der Waals surface area contributed by atoms with Crippen LogP contribution in [-0.4, -0.2) is 63.6 Å². The van der Waals surface area contributed by atoms with Gasteiger partial charge in [-0.1, -0.05) is 17.9 Å². The first-order valence-electron chi connectivity index (χ1n) is 6.69. The number of aliphatic hydroxyl groups excluding tert-OH is 1. The smallest absolute Gasteiger partial charge is 0.242 e. The Morgan fingerprint density at radius 1 is 1.19 bits per heavy atom. The van der Waals surface area contributed by atoms with Crippen LogP contribution in [0.4, 0.5) is 0 Å². The van der Waals surface area contributed by atoms with Crippen LogP contribution in [0.1, 0.15) is 12.0 Å². The summed E-state index contributed by atoms with van der Waals surface area (Å²) in [5, 5.41) is 8.70. The van der Waals surface area contributed by atoms with Crippen molar-refractivity contribution in [3.05, 3.63) is 29.8 Å². The third-order valence-electron chi connectivity index (χ3n) is 2.87. The average Bonchev–Trinajstić information content (AvgIpc) is 2.45. The average molecular weight is 310 g/mol. The molecule has 0 fully saturated rings. The molecule has 21 heavy (non-hydrogen) atoms. The van der Waals surface area contributed by atoms with Gasteiger partial charge in [0.2, 0.25) is 10.0 Å². The van der Waals surface area contributed by atoms with Crippen molar-refractivity contribution >= 4 is 10.0 Å². The number of likely N-dealkylation sites (N-methyl/N-ethyl adjacent to an activating group) is 2. The zero-order chi connectivity index (χ0) is 15.9. The van der Waals surface area contributed by atoms with E-state index >= 15 is 0 Å². The van der Waals surface area contributed by atoms with Crippen molar-refractivity contribution in [1.82, 2.24) is 9.21 Å². The Morgan fingerprint density at radius 3 is 2.52 bits per heavy atom. The summed E-state index contributed by atoms with van der Waals surface area (Å²) >= 11 is 0. The molecule has 6 heteroatoms. The molecule has 1 N–H and O–H groups in total. The molecule has 0 atom stereocenters. The van der Waals surface area contributed by atoms with Crippen molar-refractivity contribution in [2.24, 2.45) is 0 Å². The summed E-state index contributed by atoms with van der Waals surface area (Å²) in [4.78, 5) is 2.17. The fourth-order valence-corrected chi connectivity index (χ4v) is 2.80. The highest BCUT2D eigenvalue weighted by molar-refractivity contribution is 7.89. The van der Waals surface area contributed by atoms with E-state index in [1.165, 1.54) is 4.31 Å². The Morgan fingerprint density at radius 2 is 1.90 bits per heavy atom. The minimum atomic E-state index is -3.50. The number of rotatable bonds is 6. The molecule has 1 rings (SSSR count). The van der Waals surface area contributed by atoms with Gasteiger partial charge in [0.15, 0.2) is 0 Å². The molecule has 0 bridgehead atoms. The zero-order valence-electron chi connectivity index (χ0n) is 12.7. The molecule has 0 spiro atoms. The predicted octanol–water partition coefficient (Wildman–Crippen LogP) is 0.603. The van der Waals surface area contributed by atoms with Crippen molar-refractivity contribution in [2.75, 3.05) is 40.8 Å². The van der Waals surface area contributed by atoms with Crippen molar-refractivity contribution in [2.45, 2.75) is 11.3 Å². The molecule has 1 aromatic rings. The fraction of sp³-hybridized carbons (Fsp3) is 0.467. The molecule has 0 amide bonds. The number of hydrogen-bond acceptors (Lipinski definition) is 4. The first-order chi connectivity index (χ1) is 9.87. The lowest BCUT2D eigenvalue weighted by atomic mass is 10.2. The number of hydrogen-bond donors (Lipinski definition) is 1. The van der Waals surface area contributed by atoms with E-state index < -0.39 is 10.0 Å². The topological polar surface area (TPSA) is 60.9 Å². The molecule has 0 heterocycles. The lowest BCUT2D eigenvalue weighted by Crippen LogP contribution is -2.33. The van der Waals surface area contributed by atoms with Gasteiger partial charge in [0.1, 0.15) is 0 Å². The van der Waals surface area contributed by atoms with Crippen molar-refractivity contribution in [1.29, 1.82) is 0 Å². The van der Waals surface area contributed by atoms with E-state index in [4.69, 9.17) is 5.11 Å². The van der Waals surface area contributed by atoms with E-state index in [2.05, 4.69) is 11.8 Å². The maximum Gasteiger partial charge on any atom is 0.242 e. The molecular formula is C15H22N2O3S. The predicted molar refractivity (Wildman–Crippen MR) is 83.4 cm³/mol. The van der Waals surface area contributed by atoms with Crippen molar-refractivity contribution in [3.63, 3.8) is 0 Å². The van der Waals surface area contributed by atoms with Crippen LogP contribution in [0.2, 0.25) is 0 Å². The first kappa shape index (κ1) is 17.7. The third kappa shape index (κ3) is 5.48. The normalized spacial score (nSPS) is 11.5. The number of aliphatic hydroxyl groups is 1. The first-order valence-corrected chi connectivity index (χ1v) is 8.13. The summed E-state index contributed by atoms with van der Waals surface area (Å²) < 4.78 is 26.2. The van der Waals surface area contributed by atoms with Crippen LogP contribution in [0.5, 0.6) is 0 Å². The highest BCUT2D eigenvalue weighted by Crippen LogP contribution is 2.15. The van der Waals surface area contributed by atoms with Gasteiger partial charge in [-0.15, -0.1) is 0 Å². The lowest BCUT2D eigenvalue weighted by molar-refractivity contribution is 0.305. The Kier molecular flexibility index (Phi) is 6.85. The van der Waals surface area contributed by atoms with Gasteiger partial charge in [-0.2, -0.15) is 4.31 Å². The van der Waals surface area contributed by atoms with Crippen molar-refractivity contribution < 1.29 is 13.5 Å². The van der Waals surface area contributed by atoms with E-state index in [0.717, 1.165) is 0 Å². The van der Waals surface area contributed by atoms with E-state index in [9.17, 15) is 8.42 Å². The van der Waals surface area contributed by atoms with Gasteiger partial charge in [-0.05, 0) is 32.3 Å². The minimum absolute atomic E-state index is 0.00172. The molecule has 0 aliphatic carbocycles. The molecule has 116 valence electrons. The van der Waals surface area contributed by atoms with Crippen molar-refractivity contribution in [3.8, 4) is 11.8 Å². The molecule has 0 aliphatic heterocycles. The van der Waals surface area contributed by atoms with Gasteiger partial charge in [-0.25, -0.2) is 8.42 Å². The van der Waals surface area contributed by atoms with Crippen LogP contribution in [0.25, 0.3) is 0 Å². The van der Waals surface area contributed by atoms with E-state index in [-0.39, 0.29) is 11.5 Å². The molecule has 0 unspecified atom stereocenters. The van der Waals surface area contributed by atoms with Gasteiger partial charge in [0, 0.05) is 32.1 Å². The third-order valence-corrected chi connectivity index (χ3v) is 4.73. The second-order valence-corrected chi connectivity index (χ2v) is 6.98. The largest absolute Gasteiger partial charge is 0.395 e. The summed E-state index contributed by atoms with van der Waals surface area (Å²) in [6, 6.07) is 6.56. The molecule has 5 nitrogen and oxygen atoms in total. The zero-order valence-corrected chi connectivity index (χ0v) is 13.5. The lowest BCUT2D eigenvalue weighted by Gasteiger charge is -2.19. The van der Waals surface area contributed by atoms with Gasteiger partial charge in [0.25, 0.3) is 0 Å². The molecular weight excluding hydrogens is 288 g/mol. The Bertz CT molecular complexity index is 615. The second kappa shape index (κ2) is 8.15. The highest BCUT2D eigenvalue weighted by Gasteiger charge is 2.20. The molecule has 0 radical (unpaired) electrons. The second-order valence-electron chi connectivity index (χ2n) is 4.93. The molecule has 1 aromatic carbocycles. The molecule has 0 saturated carbocycles. The van der Waals surface area contributed by atoms with E-state index in [0.29, 0.717) is 25.1 Å². The van der Waals surface area contributed by atoms with Crippen LogP contribution in [-0.2, 0) is 10.0 Å². The molecule has 0 saturated heterocycles. The van der Waals surface area contributed by atoms with Gasteiger partial charge >= 0.3 is 0 Å². The Hall–Kier alpha value is -1.39. The number of benzene rings is 1. The van der Waals surface area contributed by atoms with Gasteiger partial charge < -0.3 is 10.0 Å².